The van der Waals surface area contributed by atoms with Crippen LogP contribution in [0.3, 0.4) is 0 Å². The minimum Gasteiger partial charge on any atom is -0.466 e. The molecule has 7 heteroatoms. The van der Waals surface area contributed by atoms with Crippen LogP contribution in [0.25, 0.3) is 0 Å². The quantitative estimate of drug-likeness (QED) is 0.434. The first-order valence-electron chi connectivity index (χ1n) is 9.27. The zero-order chi connectivity index (χ0) is 20.8. The van der Waals surface area contributed by atoms with E-state index in [1.165, 1.54) is 7.11 Å². The van der Waals surface area contributed by atoms with Gasteiger partial charge in [0.25, 0.3) is 0 Å². The molecule has 0 radical (unpaired) electrons. The molecule has 1 aromatic rings. The van der Waals surface area contributed by atoms with E-state index >= 15 is 0 Å². The van der Waals surface area contributed by atoms with Crippen LogP contribution < -0.4 is 0 Å². The number of hydrogen-bond acceptors (Lipinski definition) is 6. The minimum absolute atomic E-state index is 0.362. The molecule has 5 nitrogen and oxygen atoms in total. The SMILES string of the molecule is CCCN1C(C)=C(C(=O)OC)C(CC)C(C(=O)OSc2ccc(Cl)cc2)=C1C. The van der Waals surface area contributed by atoms with Gasteiger partial charge in [0.2, 0.25) is 0 Å². The van der Waals surface area contributed by atoms with Gasteiger partial charge in [-0.1, -0.05) is 25.4 Å². The third kappa shape index (κ3) is 4.73. The molecule has 0 fully saturated rings. The molecule has 0 N–H and O–H groups in total. The van der Waals surface area contributed by atoms with Crippen LogP contribution >= 0.6 is 23.6 Å². The zero-order valence-corrected chi connectivity index (χ0v) is 18.4. The van der Waals surface area contributed by atoms with E-state index in [1.807, 2.05) is 25.7 Å². The van der Waals surface area contributed by atoms with E-state index in [0.29, 0.717) is 29.1 Å². The fraction of sp³-hybridized carbons (Fsp3) is 0.429. The van der Waals surface area contributed by atoms with Crippen LogP contribution in [0.1, 0.15) is 40.5 Å². The number of benzene rings is 1. The van der Waals surface area contributed by atoms with Crippen molar-refractivity contribution < 1.29 is 18.5 Å². The lowest BCUT2D eigenvalue weighted by Gasteiger charge is -2.37. The van der Waals surface area contributed by atoms with Gasteiger partial charge in [0.05, 0.1) is 30.3 Å². The number of esters is 1. The number of halogens is 1. The molecule has 152 valence electrons. The molecule has 1 aliphatic rings. The fourth-order valence-corrected chi connectivity index (χ4v) is 4.10. The molecule has 1 aliphatic heterocycles. The average Bonchev–Trinajstić information content (AvgIpc) is 2.69. The first-order valence-corrected chi connectivity index (χ1v) is 10.4. The van der Waals surface area contributed by atoms with Gasteiger partial charge in [0, 0.05) is 33.8 Å². The summed E-state index contributed by atoms with van der Waals surface area (Å²) in [5, 5.41) is 0.617. The van der Waals surface area contributed by atoms with Crippen molar-refractivity contribution in [2.24, 2.45) is 5.92 Å². The van der Waals surface area contributed by atoms with Crippen LogP contribution in [0, 0.1) is 5.92 Å². The van der Waals surface area contributed by atoms with Gasteiger partial charge >= 0.3 is 11.9 Å². The highest BCUT2D eigenvalue weighted by molar-refractivity contribution is 7.95. The largest absolute Gasteiger partial charge is 0.466 e. The highest BCUT2D eigenvalue weighted by atomic mass is 35.5. The summed E-state index contributed by atoms with van der Waals surface area (Å²) in [5.41, 5.74) is 2.68. The number of rotatable bonds is 7. The Bertz CT molecular complexity index is 801. The lowest BCUT2D eigenvalue weighted by atomic mass is 9.83. The third-order valence-corrected chi connectivity index (χ3v) is 5.75. The molecule has 0 saturated carbocycles. The second kappa shape index (κ2) is 10.0. The normalized spacial score (nSPS) is 17.1. The number of ether oxygens (including phenoxy) is 1. The highest BCUT2D eigenvalue weighted by Crippen LogP contribution is 2.39. The van der Waals surface area contributed by atoms with Gasteiger partial charge in [-0.25, -0.2) is 9.59 Å². The maximum Gasteiger partial charge on any atom is 0.348 e. The van der Waals surface area contributed by atoms with E-state index < -0.39 is 11.9 Å². The molecule has 0 bridgehead atoms. The summed E-state index contributed by atoms with van der Waals surface area (Å²) in [5.74, 6) is -1.22. The Labute approximate surface area is 175 Å². The van der Waals surface area contributed by atoms with Crippen molar-refractivity contribution in [3.63, 3.8) is 0 Å². The van der Waals surface area contributed by atoms with E-state index in [-0.39, 0.29) is 5.92 Å². The van der Waals surface area contributed by atoms with Crippen LogP contribution in [0.4, 0.5) is 0 Å². The molecule has 0 saturated heterocycles. The maximum atomic E-state index is 13.0. The number of hydrogen-bond donors (Lipinski definition) is 0. The number of nitrogens with zero attached hydrogens (tertiary/aromatic N) is 1. The smallest absolute Gasteiger partial charge is 0.348 e. The van der Waals surface area contributed by atoms with Crippen molar-refractivity contribution in [3.05, 3.63) is 51.8 Å². The second-order valence-corrected chi connectivity index (χ2v) is 7.75. The van der Waals surface area contributed by atoms with Crippen LogP contribution in [-0.4, -0.2) is 30.5 Å². The number of carbonyl (C=O) groups excluding carboxylic acids is 2. The Kier molecular flexibility index (Phi) is 8.01. The summed E-state index contributed by atoms with van der Waals surface area (Å²) in [6, 6.07) is 7.05. The van der Waals surface area contributed by atoms with Crippen molar-refractivity contribution in [3.8, 4) is 0 Å². The lowest BCUT2D eigenvalue weighted by molar-refractivity contribution is -0.137. The van der Waals surface area contributed by atoms with Gasteiger partial charge in [-0.05, 0) is 51.0 Å². The van der Waals surface area contributed by atoms with Gasteiger partial charge in [-0.3, -0.25) is 0 Å². The van der Waals surface area contributed by atoms with Crippen molar-refractivity contribution in [2.75, 3.05) is 13.7 Å². The molecule has 1 heterocycles. The topological polar surface area (TPSA) is 55.8 Å². The first-order chi connectivity index (χ1) is 13.3. The Hall–Kier alpha value is -1.92. The van der Waals surface area contributed by atoms with Crippen molar-refractivity contribution in [2.45, 2.75) is 45.4 Å². The molecule has 1 atom stereocenters. The molecular weight excluding hydrogens is 398 g/mol. The Morgan fingerprint density at radius 2 is 1.64 bits per heavy atom. The standard InChI is InChI=1S/C21H26ClNO4S/c1-6-12-23-13(3)18(20(24)26-5)17(7-2)19(14(23)4)21(25)27-28-16-10-8-15(22)9-11-16/h8-11,17H,6-7,12H2,1-5H3. The third-order valence-electron chi connectivity index (χ3n) is 4.79. The molecule has 1 aromatic carbocycles. The monoisotopic (exact) mass is 423 g/mol. The summed E-state index contributed by atoms with van der Waals surface area (Å²) >= 11 is 6.88. The Morgan fingerprint density at radius 3 is 2.14 bits per heavy atom. The van der Waals surface area contributed by atoms with E-state index in [1.54, 1.807) is 24.3 Å². The molecule has 0 aliphatic carbocycles. The number of allylic oxidation sites excluding steroid dienone is 2. The van der Waals surface area contributed by atoms with E-state index in [4.69, 9.17) is 20.5 Å². The number of carbonyl (C=O) groups is 2. The summed E-state index contributed by atoms with van der Waals surface area (Å²) in [7, 11) is 1.36. The Morgan fingerprint density at radius 1 is 1.07 bits per heavy atom. The van der Waals surface area contributed by atoms with Crippen LogP contribution in [0.15, 0.2) is 51.7 Å². The molecule has 28 heavy (non-hydrogen) atoms. The van der Waals surface area contributed by atoms with Crippen molar-refractivity contribution >= 4 is 35.6 Å². The van der Waals surface area contributed by atoms with Gasteiger partial charge in [0.1, 0.15) is 0 Å². The van der Waals surface area contributed by atoms with E-state index in [2.05, 4.69) is 6.92 Å². The Balaban J connectivity index is 2.35. The predicted molar refractivity (Wildman–Crippen MR) is 112 cm³/mol. The van der Waals surface area contributed by atoms with Crippen LogP contribution in [0.5, 0.6) is 0 Å². The van der Waals surface area contributed by atoms with Gasteiger partial charge < -0.3 is 13.8 Å². The molecule has 0 spiro atoms. The van der Waals surface area contributed by atoms with Crippen LogP contribution in [0.2, 0.25) is 5.02 Å². The van der Waals surface area contributed by atoms with E-state index in [0.717, 1.165) is 34.8 Å². The van der Waals surface area contributed by atoms with Gasteiger partial charge in [-0.2, -0.15) is 0 Å². The zero-order valence-electron chi connectivity index (χ0n) is 16.9. The molecule has 1 unspecified atom stereocenters. The summed E-state index contributed by atoms with van der Waals surface area (Å²) in [6.07, 6.45) is 1.47. The fourth-order valence-electron chi connectivity index (χ4n) is 3.47. The van der Waals surface area contributed by atoms with Gasteiger partial charge in [-0.15, -0.1) is 0 Å². The summed E-state index contributed by atoms with van der Waals surface area (Å²) in [4.78, 5) is 28.3. The molecule has 0 aromatic heterocycles. The van der Waals surface area contributed by atoms with Crippen LogP contribution in [-0.2, 0) is 18.5 Å². The average molecular weight is 424 g/mol. The highest BCUT2D eigenvalue weighted by Gasteiger charge is 2.38. The maximum absolute atomic E-state index is 13.0. The van der Waals surface area contributed by atoms with Crippen molar-refractivity contribution in [1.29, 1.82) is 0 Å². The number of methoxy groups -OCH3 is 1. The predicted octanol–water partition coefficient (Wildman–Crippen LogP) is 5.36. The summed E-state index contributed by atoms with van der Waals surface area (Å²) < 4.78 is 10.5. The molecule has 2 rings (SSSR count). The first kappa shape index (κ1) is 22.4. The van der Waals surface area contributed by atoms with Crippen molar-refractivity contribution in [1.82, 2.24) is 4.90 Å². The minimum atomic E-state index is -0.445. The summed E-state index contributed by atoms with van der Waals surface area (Å²) in [6.45, 7) is 8.51. The van der Waals surface area contributed by atoms with Gasteiger partial charge in [0.15, 0.2) is 0 Å². The molecule has 0 amide bonds. The second-order valence-electron chi connectivity index (χ2n) is 6.51. The lowest BCUT2D eigenvalue weighted by Crippen LogP contribution is -2.36. The van der Waals surface area contributed by atoms with E-state index in [9.17, 15) is 9.59 Å². The molecular formula is C21H26ClNO4S.